The molecular formula is C28H44N2O3. The van der Waals surface area contributed by atoms with Crippen molar-refractivity contribution in [3.8, 4) is 0 Å². The van der Waals surface area contributed by atoms with E-state index in [9.17, 15) is 9.90 Å². The molecule has 8 aliphatic carbocycles. The molecule has 0 aromatic carbocycles. The molecule has 3 N–H and O–H groups in total. The van der Waals surface area contributed by atoms with Crippen LogP contribution in [-0.4, -0.2) is 36.3 Å². The van der Waals surface area contributed by atoms with Gasteiger partial charge in [0, 0.05) is 18.5 Å². The summed E-state index contributed by atoms with van der Waals surface area (Å²) in [6.45, 7) is 1.89. The van der Waals surface area contributed by atoms with Crippen molar-refractivity contribution in [2.24, 2.45) is 40.9 Å². The minimum absolute atomic E-state index is 0.132. The fraction of sp³-hybridized carbons (Fsp3) is 0.893. The number of aliphatic hydroxyl groups is 1. The van der Waals surface area contributed by atoms with Gasteiger partial charge >= 0.3 is 0 Å². The van der Waals surface area contributed by atoms with Crippen LogP contribution in [0.5, 0.6) is 0 Å². The average Bonchev–Trinajstić information content (AvgIpc) is 2.72. The highest BCUT2D eigenvalue weighted by Gasteiger charge is 2.52. The van der Waals surface area contributed by atoms with E-state index in [1.807, 2.05) is 6.08 Å². The van der Waals surface area contributed by atoms with Gasteiger partial charge < -0.3 is 20.5 Å². The normalized spacial score (nSPS) is 44.9. The molecule has 0 unspecified atom stereocenters. The zero-order chi connectivity index (χ0) is 22.5. The van der Waals surface area contributed by atoms with E-state index in [-0.39, 0.29) is 11.4 Å². The summed E-state index contributed by atoms with van der Waals surface area (Å²) in [6, 6.07) is 0. The average molecular weight is 457 g/mol. The van der Waals surface area contributed by atoms with Crippen LogP contribution in [0.4, 0.5) is 0 Å². The van der Waals surface area contributed by atoms with E-state index < -0.39 is 0 Å². The number of hydrogen-bond donors (Lipinski definition) is 3. The number of nitrogens with one attached hydrogen (secondary N) is 2. The Balaban J connectivity index is 0.866. The van der Waals surface area contributed by atoms with Crippen LogP contribution in [0.2, 0.25) is 0 Å². The van der Waals surface area contributed by atoms with E-state index in [0.29, 0.717) is 37.4 Å². The molecule has 8 aliphatic rings. The summed E-state index contributed by atoms with van der Waals surface area (Å²) in [5, 5.41) is 17.2. The van der Waals surface area contributed by atoms with E-state index in [0.717, 1.165) is 42.1 Å². The predicted octanol–water partition coefficient (Wildman–Crippen LogP) is 5.07. The van der Waals surface area contributed by atoms with Gasteiger partial charge in [0.1, 0.15) is 0 Å². The molecule has 0 spiro atoms. The predicted molar refractivity (Wildman–Crippen MR) is 128 cm³/mol. The third-order valence-corrected chi connectivity index (χ3v) is 10.3. The zero-order valence-electron chi connectivity index (χ0n) is 20.3. The number of rotatable bonds is 10. The van der Waals surface area contributed by atoms with Crippen molar-refractivity contribution in [3.05, 3.63) is 12.0 Å². The topological polar surface area (TPSA) is 70.6 Å². The van der Waals surface area contributed by atoms with Crippen LogP contribution >= 0.6 is 0 Å². The van der Waals surface area contributed by atoms with E-state index in [1.54, 1.807) is 0 Å². The number of amides is 1. The molecule has 0 aliphatic heterocycles. The third-order valence-electron chi connectivity index (χ3n) is 10.3. The molecule has 184 valence electrons. The second kappa shape index (κ2) is 8.77. The van der Waals surface area contributed by atoms with E-state index in [2.05, 4.69) is 10.6 Å². The van der Waals surface area contributed by atoms with E-state index in [1.165, 1.54) is 77.0 Å². The summed E-state index contributed by atoms with van der Waals surface area (Å²) in [4.78, 5) is 12.4. The Morgan fingerprint density at radius 1 is 0.818 bits per heavy atom. The maximum atomic E-state index is 12.4. The van der Waals surface area contributed by atoms with Gasteiger partial charge in [0.25, 0.3) is 0 Å². The molecule has 8 rings (SSSR count). The summed E-state index contributed by atoms with van der Waals surface area (Å²) in [7, 11) is 0. The molecule has 8 saturated carbocycles. The molecule has 5 nitrogen and oxygen atoms in total. The summed E-state index contributed by atoms with van der Waals surface area (Å²) in [6.07, 6.45) is 19.3. The largest absolute Gasteiger partial charge is 0.495 e. The van der Waals surface area contributed by atoms with Crippen LogP contribution in [0, 0.1) is 40.9 Å². The third kappa shape index (κ3) is 4.81. The first-order valence-electron chi connectivity index (χ1n) is 14.0. The Kier molecular flexibility index (Phi) is 5.91. The summed E-state index contributed by atoms with van der Waals surface area (Å²) < 4.78 is 5.70. The van der Waals surface area contributed by atoms with Crippen LogP contribution in [0.25, 0.3) is 0 Å². The maximum absolute atomic E-state index is 12.4. The molecule has 8 bridgehead atoms. The van der Waals surface area contributed by atoms with Crippen LogP contribution in [0.15, 0.2) is 12.0 Å². The lowest BCUT2D eigenvalue weighted by atomic mass is 9.49. The highest BCUT2D eigenvalue weighted by molar-refractivity contribution is 5.76. The van der Waals surface area contributed by atoms with Crippen LogP contribution in [-0.2, 0) is 9.53 Å². The van der Waals surface area contributed by atoms with E-state index >= 15 is 0 Å². The Bertz CT molecular complexity index is 705. The molecule has 1 amide bonds. The molecule has 0 radical (unpaired) electrons. The lowest BCUT2D eigenvalue weighted by molar-refractivity contribution is -0.124. The van der Waals surface area contributed by atoms with Gasteiger partial charge in [-0.25, -0.2) is 0 Å². The van der Waals surface area contributed by atoms with Gasteiger partial charge in [0.2, 0.25) is 5.91 Å². The van der Waals surface area contributed by atoms with Crippen molar-refractivity contribution < 1.29 is 14.6 Å². The van der Waals surface area contributed by atoms with Gasteiger partial charge in [0.05, 0.1) is 13.2 Å². The smallest absolute Gasteiger partial charge is 0.222 e. The molecule has 33 heavy (non-hydrogen) atoms. The Hall–Kier alpha value is -1.23. The first-order chi connectivity index (χ1) is 16.0. The Morgan fingerprint density at radius 2 is 1.33 bits per heavy atom. The minimum atomic E-state index is 0.132. The molecule has 0 aromatic heterocycles. The number of carbonyl (C=O) groups excluding carboxylic acids is 1. The van der Waals surface area contributed by atoms with Crippen molar-refractivity contribution in [2.75, 3.05) is 19.8 Å². The van der Waals surface area contributed by atoms with Gasteiger partial charge in [-0.15, -0.1) is 0 Å². The fourth-order valence-electron chi connectivity index (χ4n) is 10.0. The van der Waals surface area contributed by atoms with Crippen molar-refractivity contribution in [1.82, 2.24) is 10.6 Å². The molecule has 5 heteroatoms. The molecular weight excluding hydrogens is 412 g/mol. The van der Waals surface area contributed by atoms with Gasteiger partial charge in [0.15, 0.2) is 5.88 Å². The van der Waals surface area contributed by atoms with Gasteiger partial charge in [-0.1, -0.05) is 0 Å². The second-order valence-corrected chi connectivity index (χ2v) is 13.3. The number of aliphatic hydroxyl groups excluding tert-OH is 1. The first-order valence-corrected chi connectivity index (χ1v) is 14.0. The molecule has 0 atom stereocenters. The van der Waals surface area contributed by atoms with Crippen molar-refractivity contribution in [3.63, 3.8) is 0 Å². The van der Waals surface area contributed by atoms with Crippen molar-refractivity contribution in [1.29, 1.82) is 0 Å². The molecule has 0 aromatic rings. The van der Waals surface area contributed by atoms with Crippen LogP contribution < -0.4 is 10.6 Å². The SMILES string of the molecule is O=C(CCOCCC=C(O)NC12CC3CC(CC(C3)C1)C2)NCC12CC3CC(CC(C3)C1)C2. The monoisotopic (exact) mass is 456 g/mol. The zero-order valence-corrected chi connectivity index (χ0v) is 20.3. The first kappa shape index (κ1) is 22.2. The summed E-state index contributed by atoms with van der Waals surface area (Å²) >= 11 is 0. The van der Waals surface area contributed by atoms with Crippen molar-refractivity contribution >= 4 is 5.91 Å². The Morgan fingerprint density at radius 3 is 1.88 bits per heavy atom. The summed E-state index contributed by atoms with van der Waals surface area (Å²) in [5.41, 5.74) is 0.544. The van der Waals surface area contributed by atoms with Crippen LogP contribution in [0.1, 0.15) is 89.9 Å². The standard InChI is InChI=1S/C28H44N2O3/c31-25(29-18-27-12-19-6-20(13-27)8-21(7-19)14-27)3-5-33-4-1-2-26(32)30-28-15-22-9-23(16-28)11-24(10-22)17-28/h2,19-24,30,32H,1,3-18H2,(H,29,31). The highest BCUT2D eigenvalue weighted by Crippen LogP contribution is 2.59. The molecule has 8 fully saturated rings. The van der Waals surface area contributed by atoms with Gasteiger partial charge in [-0.05, 0) is 130 Å². The van der Waals surface area contributed by atoms with Gasteiger partial charge in [-0.3, -0.25) is 4.79 Å². The highest BCUT2D eigenvalue weighted by atomic mass is 16.5. The Labute approximate surface area is 199 Å². The summed E-state index contributed by atoms with van der Waals surface area (Å²) in [5.74, 6) is 5.86. The maximum Gasteiger partial charge on any atom is 0.222 e. The number of ether oxygens (including phenoxy) is 1. The van der Waals surface area contributed by atoms with Crippen molar-refractivity contribution in [2.45, 2.75) is 95.4 Å². The minimum Gasteiger partial charge on any atom is -0.495 e. The van der Waals surface area contributed by atoms with Gasteiger partial charge in [-0.2, -0.15) is 0 Å². The van der Waals surface area contributed by atoms with Crippen LogP contribution in [0.3, 0.4) is 0 Å². The number of carbonyl (C=O) groups is 1. The lowest BCUT2D eigenvalue weighted by Gasteiger charge is -2.57. The second-order valence-electron chi connectivity index (χ2n) is 13.3. The number of hydrogen-bond acceptors (Lipinski definition) is 4. The van der Waals surface area contributed by atoms with E-state index in [4.69, 9.17) is 4.74 Å². The fourth-order valence-corrected chi connectivity index (χ4v) is 10.0. The lowest BCUT2D eigenvalue weighted by Crippen LogP contribution is -2.58. The molecule has 0 heterocycles. The quantitative estimate of drug-likeness (QED) is 0.317. The molecule has 0 saturated heterocycles.